The molecule has 3 heteroatoms. The fraction of sp³-hybridized carbons (Fsp3) is 0.944. The maximum atomic E-state index is 12.7. The van der Waals surface area contributed by atoms with Crippen LogP contribution in [0.1, 0.15) is 79.1 Å². The fourth-order valence-electron chi connectivity index (χ4n) is 3.23. The van der Waals surface area contributed by atoms with Gasteiger partial charge in [0.25, 0.3) is 0 Å². The Hall–Kier alpha value is -0.570. The second kappa shape index (κ2) is 8.77. The van der Waals surface area contributed by atoms with Crippen LogP contribution < -0.4 is 5.73 Å². The Kier molecular flexibility index (Phi) is 7.72. The zero-order valence-corrected chi connectivity index (χ0v) is 14.7. The van der Waals surface area contributed by atoms with Gasteiger partial charge in [0.15, 0.2) is 0 Å². The van der Waals surface area contributed by atoms with Crippen molar-refractivity contribution in [1.82, 2.24) is 4.90 Å². The van der Waals surface area contributed by atoms with E-state index in [0.29, 0.717) is 30.8 Å². The van der Waals surface area contributed by atoms with E-state index in [0.717, 1.165) is 25.8 Å². The van der Waals surface area contributed by atoms with Crippen molar-refractivity contribution in [3.8, 4) is 0 Å². The summed E-state index contributed by atoms with van der Waals surface area (Å²) in [6.07, 6.45) is 8.73. The van der Waals surface area contributed by atoms with E-state index < -0.39 is 0 Å². The van der Waals surface area contributed by atoms with Gasteiger partial charge in [0.1, 0.15) is 0 Å². The molecule has 0 spiro atoms. The minimum absolute atomic E-state index is 0.184. The molecule has 1 aliphatic rings. The highest BCUT2D eigenvalue weighted by Gasteiger charge is 2.27. The fourth-order valence-corrected chi connectivity index (χ4v) is 3.23. The van der Waals surface area contributed by atoms with Crippen LogP contribution >= 0.6 is 0 Å². The number of amides is 1. The summed E-state index contributed by atoms with van der Waals surface area (Å²) >= 11 is 0. The summed E-state index contributed by atoms with van der Waals surface area (Å²) in [7, 11) is 0. The van der Waals surface area contributed by atoms with Crippen LogP contribution in [0, 0.1) is 11.3 Å². The van der Waals surface area contributed by atoms with E-state index in [9.17, 15) is 4.79 Å². The van der Waals surface area contributed by atoms with Gasteiger partial charge >= 0.3 is 0 Å². The number of rotatable bonds is 9. The van der Waals surface area contributed by atoms with E-state index in [2.05, 4.69) is 32.6 Å². The minimum Gasteiger partial charge on any atom is -0.340 e. The molecule has 1 aliphatic carbocycles. The van der Waals surface area contributed by atoms with E-state index in [-0.39, 0.29) is 5.41 Å². The molecule has 1 fully saturated rings. The Morgan fingerprint density at radius 1 is 1.24 bits per heavy atom. The van der Waals surface area contributed by atoms with E-state index >= 15 is 0 Å². The molecule has 124 valence electrons. The van der Waals surface area contributed by atoms with E-state index in [1.54, 1.807) is 0 Å². The predicted molar refractivity (Wildman–Crippen MR) is 90.1 cm³/mol. The summed E-state index contributed by atoms with van der Waals surface area (Å²) in [4.78, 5) is 14.9. The van der Waals surface area contributed by atoms with Gasteiger partial charge in [-0.25, -0.2) is 0 Å². The first kappa shape index (κ1) is 18.5. The first-order valence-corrected chi connectivity index (χ1v) is 8.85. The number of hydrogen-bond acceptors (Lipinski definition) is 2. The molecule has 2 N–H and O–H groups in total. The molecule has 0 radical (unpaired) electrons. The summed E-state index contributed by atoms with van der Waals surface area (Å²) in [5.74, 6) is 1.03. The second-order valence-electron chi connectivity index (χ2n) is 7.91. The molecule has 21 heavy (non-hydrogen) atoms. The Balaban J connectivity index is 2.53. The largest absolute Gasteiger partial charge is 0.340 e. The van der Waals surface area contributed by atoms with Gasteiger partial charge in [0, 0.05) is 19.0 Å². The quantitative estimate of drug-likeness (QED) is 0.700. The van der Waals surface area contributed by atoms with Crippen LogP contribution in [0.4, 0.5) is 0 Å². The van der Waals surface area contributed by atoms with Gasteiger partial charge in [0.2, 0.25) is 5.91 Å². The third-order valence-corrected chi connectivity index (χ3v) is 4.87. The van der Waals surface area contributed by atoms with Crippen molar-refractivity contribution < 1.29 is 4.79 Å². The Labute approximate surface area is 131 Å². The van der Waals surface area contributed by atoms with Crippen LogP contribution in [0.2, 0.25) is 0 Å². The molecule has 0 aliphatic heterocycles. The molecule has 0 bridgehead atoms. The molecule has 1 saturated carbocycles. The summed E-state index contributed by atoms with van der Waals surface area (Å²) in [6.45, 7) is 10.6. The molecule has 0 aromatic heterocycles. The van der Waals surface area contributed by atoms with Crippen LogP contribution in [0.15, 0.2) is 0 Å². The van der Waals surface area contributed by atoms with Crippen LogP contribution in [0.5, 0.6) is 0 Å². The van der Waals surface area contributed by atoms with E-state index in [1.165, 1.54) is 25.7 Å². The molecular formula is C18H36N2O. The van der Waals surface area contributed by atoms with Crippen molar-refractivity contribution in [2.75, 3.05) is 13.1 Å². The highest BCUT2D eigenvalue weighted by Crippen LogP contribution is 2.29. The Morgan fingerprint density at radius 3 is 2.38 bits per heavy atom. The number of carbonyl (C=O) groups excluding carboxylic acids is 1. The number of nitrogens with zero attached hydrogens (tertiary/aromatic N) is 1. The highest BCUT2D eigenvalue weighted by atomic mass is 16.2. The van der Waals surface area contributed by atoms with Crippen molar-refractivity contribution in [2.45, 2.75) is 85.1 Å². The molecule has 0 saturated heterocycles. The molecule has 3 nitrogen and oxygen atoms in total. The van der Waals surface area contributed by atoms with Crippen molar-refractivity contribution in [3.05, 3.63) is 0 Å². The molecular weight excluding hydrogens is 260 g/mol. The summed E-state index contributed by atoms with van der Waals surface area (Å²) < 4.78 is 0. The lowest BCUT2D eigenvalue weighted by molar-refractivity contribution is -0.134. The van der Waals surface area contributed by atoms with Crippen LogP contribution in [0.25, 0.3) is 0 Å². The third-order valence-electron chi connectivity index (χ3n) is 4.87. The molecule has 0 heterocycles. The molecule has 0 aromatic rings. The number of carbonyl (C=O) groups is 1. The van der Waals surface area contributed by atoms with Gasteiger partial charge in [-0.15, -0.1) is 0 Å². The van der Waals surface area contributed by atoms with Gasteiger partial charge in [0.05, 0.1) is 0 Å². The summed E-state index contributed by atoms with van der Waals surface area (Å²) in [5, 5.41) is 0. The lowest BCUT2D eigenvalue weighted by Gasteiger charge is -2.31. The molecule has 0 atom stereocenters. The second-order valence-corrected chi connectivity index (χ2v) is 7.91. The van der Waals surface area contributed by atoms with Gasteiger partial charge in [-0.3, -0.25) is 4.79 Å². The normalized spacial score (nSPS) is 16.7. The Morgan fingerprint density at radius 2 is 1.86 bits per heavy atom. The maximum absolute atomic E-state index is 12.7. The van der Waals surface area contributed by atoms with E-state index in [4.69, 9.17) is 5.73 Å². The number of hydrogen-bond donors (Lipinski definition) is 1. The zero-order valence-electron chi connectivity index (χ0n) is 14.7. The Bertz CT molecular complexity index is 306. The third kappa shape index (κ3) is 6.82. The van der Waals surface area contributed by atoms with Gasteiger partial charge in [-0.2, -0.15) is 0 Å². The van der Waals surface area contributed by atoms with Crippen LogP contribution in [-0.4, -0.2) is 29.9 Å². The molecule has 1 amide bonds. The molecule has 0 unspecified atom stereocenters. The van der Waals surface area contributed by atoms with Crippen molar-refractivity contribution in [3.63, 3.8) is 0 Å². The zero-order chi connectivity index (χ0) is 15.9. The van der Waals surface area contributed by atoms with Crippen molar-refractivity contribution in [1.29, 1.82) is 0 Å². The molecule has 0 aromatic carbocycles. The lowest BCUT2D eigenvalue weighted by atomic mass is 9.84. The minimum atomic E-state index is 0.184. The van der Waals surface area contributed by atoms with Crippen LogP contribution in [-0.2, 0) is 4.79 Å². The average molecular weight is 296 g/mol. The van der Waals surface area contributed by atoms with Crippen LogP contribution in [0.3, 0.4) is 0 Å². The first-order valence-electron chi connectivity index (χ1n) is 8.85. The van der Waals surface area contributed by atoms with Crippen molar-refractivity contribution in [2.24, 2.45) is 17.1 Å². The lowest BCUT2D eigenvalue weighted by Crippen LogP contribution is -2.40. The maximum Gasteiger partial charge on any atom is 0.222 e. The summed E-state index contributed by atoms with van der Waals surface area (Å²) in [5.41, 5.74) is 5.85. The van der Waals surface area contributed by atoms with Gasteiger partial charge < -0.3 is 10.6 Å². The number of nitrogens with two attached hydrogens (primary N) is 1. The van der Waals surface area contributed by atoms with Crippen molar-refractivity contribution >= 4 is 5.91 Å². The van der Waals surface area contributed by atoms with E-state index in [1.807, 2.05) is 0 Å². The SMILES string of the molecule is CC(C)CCN(C(=O)CCC(C)(C)CCN)C1CCCC1. The molecule has 1 rings (SSSR count). The van der Waals surface area contributed by atoms with Gasteiger partial charge in [-0.05, 0) is 50.0 Å². The monoisotopic (exact) mass is 296 g/mol. The smallest absolute Gasteiger partial charge is 0.222 e. The topological polar surface area (TPSA) is 46.3 Å². The summed E-state index contributed by atoms with van der Waals surface area (Å²) in [6, 6.07) is 0.508. The standard InChI is InChI=1S/C18H36N2O/c1-15(2)10-14-20(16-7-5-6-8-16)17(21)9-11-18(3,4)12-13-19/h15-16H,5-14,19H2,1-4H3. The average Bonchev–Trinajstić information content (AvgIpc) is 2.90. The first-order chi connectivity index (χ1) is 9.85. The predicted octanol–water partition coefficient (Wildman–Crippen LogP) is 3.96. The van der Waals surface area contributed by atoms with Gasteiger partial charge in [-0.1, -0.05) is 40.5 Å². The highest BCUT2D eigenvalue weighted by molar-refractivity contribution is 5.76.